The van der Waals surface area contributed by atoms with E-state index in [1.54, 1.807) is 31.4 Å². The number of methoxy groups -OCH3 is 1. The number of ether oxygens (including phenoxy) is 2. The van der Waals surface area contributed by atoms with Crippen LogP contribution in [0.5, 0.6) is 5.75 Å². The minimum atomic E-state index is -2.80. The maximum atomic E-state index is 12.2. The molecule has 21 heavy (non-hydrogen) atoms. The van der Waals surface area contributed by atoms with Crippen molar-refractivity contribution in [3.05, 3.63) is 29.8 Å². The van der Waals surface area contributed by atoms with E-state index in [4.69, 9.17) is 10.5 Å². The number of hydrogen-bond acceptors (Lipinski definition) is 4. The Morgan fingerprint density at radius 3 is 2.43 bits per heavy atom. The molecule has 1 atom stereocenters. The van der Waals surface area contributed by atoms with Gasteiger partial charge >= 0.3 is 6.61 Å². The second kappa shape index (κ2) is 7.68. The first-order valence-corrected chi connectivity index (χ1v) is 7.15. The van der Waals surface area contributed by atoms with Crippen molar-refractivity contribution in [1.82, 2.24) is 4.90 Å². The Bertz CT molecular complexity index is 424. The van der Waals surface area contributed by atoms with Crippen molar-refractivity contribution in [2.75, 3.05) is 26.8 Å². The molecule has 1 aliphatic carbocycles. The lowest BCUT2D eigenvalue weighted by Gasteiger charge is -2.31. The molecule has 1 aromatic carbocycles. The molecule has 0 aromatic heterocycles. The molecule has 0 bridgehead atoms. The van der Waals surface area contributed by atoms with Crippen LogP contribution in [0.15, 0.2) is 24.3 Å². The SMILES string of the molecule is COCCN(C1CC1)C(CN)c1ccc(OC(F)F)cc1. The fourth-order valence-electron chi connectivity index (χ4n) is 2.53. The van der Waals surface area contributed by atoms with Gasteiger partial charge < -0.3 is 15.2 Å². The number of benzene rings is 1. The highest BCUT2D eigenvalue weighted by molar-refractivity contribution is 5.29. The molecule has 1 fully saturated rings. The van der Waals surface area contributed by atoms with Crippen LogP contribution in [0, 0.1) is 0 Å². The summed E-state index contributed by atoms with van der Waals surface area (Å²) in [5.41, 5.74) is 6.94. The molecular formula is C15H22F2N2O2. The van der Waals surface area contributed by atoms with Gasteiger partial charge in [-0.05, 0) is 30.5 Å². The molecule has 0 radical (unpaired) electrons. The molecule has 1 unspecified atom stereocenters. The molecule has 1 saturated carbocycles. The van der Waals surface area contributed by atoms with Gasteiger partial charge in [0.2, 0.25) is 0 Å². The maximum absolute atomic E-state index is 12.2. The first kappa shape index (κ1) is 16.1. The summed E-state index contributed by atoms with van der Waals surface area (Å²) in [4.78, 5) is 2.34. The quantitative estimate of drug-likeness (QED) is 0.761. The predicted molar refractivity (Wildman–Crippen MR) is 76.5 cm³/mol. The average molecular weight is 300 g/mol. The van der Waals surface area contributed by atoms with Gasteiger partial charge in [0.05, 0.1) is 6.61 Å². The van der Waals surface area contributed by atoms with Gasteiger partial charge in [-0.3, -0.25) is 4.90 Å². The van der Waals surface area contributed by atoms with E-state index in [9.17, 15) is 8.78 Å². The molecule has 1 aliphatic rings. The first-order valence-electron chi connectivity index (χ1n) is 7.15. The van der Waals surface area contributed by atoms with E-state index in [-0.39, 0.29) is 11.8 Å². The van der Waals surface area contributed by atoms with Gasteiger partial charge in [-0.15, -0.1) is 0 Å². The number of alkyl halides is 2. The van der Waals surface area contributed by atoms with E-state index in [0.29, 0.717) is 19.2 Å². The number of nitrogens with two attached hydrogens (primary N) is 1. The summed E-state index contributed by atoms with van der Waals surface area (Å²) in [6.45, 7) is -0.849. The molecule has 0 spiro atoms. The highest BCUT2D eigenvalue weighted by Crippen LogP contribution is 2.34. The van der Waals surface area contributed by atoms with Crippen molar-refractivity contribution in [3.8, 4) is 5.75 Å². The Hall–Kier alpha value is -1.24. The van der Waals surface area contributed by atoms with Gasteiger partial charge in [0, 0.05) is 32.3 Å². The summed E-state index contributed by atoms with van der Waals surface area (Å²) >= 11 is 0. The van der Waals surface area contributed by atoms with Gasteiger partial charge in [0.1, 0.15) is 5.75 Å². The standard InChI is InChI=1S/C15H22F2N2O2/c1-20-9-8-19(12-4-5-12)14(10-18)11-2-6-13(7-3-11)21-15(16)17/h2-3,6-7,12,14-15H,4-5,8-10,18H2,1H3. The van der Waals surface area contributed by atoms with Gasteiger partial charge in [-0.2, -0.15) is 8.78 Å². The van der Waals surface area contributed by atoms with E-state index in [1.807, 2.05) is 0 Å². The second-order valence-electron chi connectivity index (χ2n) is 5.16. The van der Waals surface area contributed by atoms with Crippen LogP contribution >= 0.6 is 0 Å². The minimum Gasteiger partial charge on any atom is -0.435 e. The minimum absolute atomic E-state index is 0.0771. The van der Waals surface area contributed by atoms with Gasteiger partial charge in [0.25, 0.3) is 0 Å². The highest BCUT2D eigenvalue weighted by atomic mass is 19.3. The zero-order chi connectivity index (χ0) is 15.2. The lowest BCUT2D eigenvalue weighted by molar-refractivity contribution is -0.0498. The van der Waals surface area contributed by atoms with Crippen molar-refractivity contribution < 1.29 is 18.3 Å². The normalized spacial score (nSPS) is 16.5. The second-order valence-corrected chi connectivity index (χ2v) is 5.16. The number of halogens is 2. The van der Waals surface area contributed by atoms with Crippen LogP contribution in [0.2, 0.25) is 0 Å². The molecule has 0 heterocycles. The molecule has 0 amide bonds. The van der Waals surface area contributed by atoms with Crippen LogP contribution in [0.3, 0.4) is 0 Å². The molecule has 2 rings (SSSR count). The Morgan fingerprint density at radius 1 is 1.29 bits per heavy atom. The number of hydrogen-bond donors (Lipinski definition) is 1. The van der Waals surface area contributed by atoms with Crippen LogP contribution in [0.4, 0.5) is 8.78 Å². The topological polar surface area (TPSA) is 47.7 Å². The molecule has 4 nitrogen and oxygen atoms in total. The van der Waals surface area contributed by atoms with E-state index in [2.05, 4.69) is 9.64 Å². The summed E-state index contributed by atoms with van der Waals surface area (Å²) in [7, 11) is 1.68. The highest BCUT2D eigenvalue weighted by Gasteiger charge is 2.33. The Balaban J connectivity index is 2.07. The smallest absolute Gasteiger partial charge is 0.387 e. The van der Waals surface area contributed by atoms with Crippen LogP contribution in [0.1, 0.15) is 24.4 Å². The lowest BCUT2D eigenvalue weighted by atomic mass is 10.0. The maximum Gasteiger partial charge on any atom is 0.387 e. The Labute approximate surface area is 123 Å². The molecule has 118 valence electrons. The van der Waals surface area contributed by atoms with Crippen LogP contribution < -0.4 is 10.5 Å². The van der Waals surface area contributed by atoms with Crippen molar-refractivity contribution >= 4 is 0 Å². The summed E-state index contributed by atoms with van der Waals surface area (Å²) in [5, 5.41) is 0. The van der Waals surface area contributed by atoms with E-state index < -0.39 is 6.61 Å². The van der Waals surface area contributed by atoms with Crippen molar-refractivity contribution in [2.45, 2.75) is 31.5 Å². The zero-order valence-corrected chi connectivity index (χ0v) is 12.2. The van der Waals surface area contributed by atoms with Gasteiger partial charge in [-0.1, -0.05) is 12.1 Å². The molecule has 1 aromatic rings. The fourth-order valence-corrected chi connectivity index (χ4v) is 2.53. The molecule has 6 heteroatoms. The monoisotopic (exact) mass is 300 g/mol. The van der Waals surface area contributed by atoms with Crippen LogP contribution in [-0.2, 0) is 4.74 Å². The Kier molecular flexibility index (Phi) is 5.90. The van der Waals surface area contributed by atoms with Gasteiger partial charge in [0.15, 0.2) is 0 Å². The molecule has 0 saturated heterocycles. The summed E-state index contributed by atoms with van der Waals surface area (Å²) < 4.78 is 33.9. The van der Waals surface area contributed by atoms with E-state index >= 15 is 0 Å². The van der Waals surface area contributed by atoms with Crippen molar-refractivity contribution in [3.63, 3.8) is 0 Å². The predicted octanol–water partition coefficient (Wildman–Crippen LogP) is 2.40. The van der Waals surface area contributed by atoms with Crippen molar-refractivity contribution in [1.29, 1.82) is 0 Å². The third-order valence-electron chi connectivity index (χ3n) is 3.68. The first-order chi connectivity index (χ1) is 10.2. The van der Waals surface area contributed by atoms with Crippen molar-refractivity contribution in [2.24, 2.45) is 5.73 Å². The van der Waals surface area contributed by atoms with E-state index in [0.717, 1.165) is 12.1 Å². The van der Waals surface area contributed by atoms with E-state index in [1.165, 1.54) is 12.8 Å². The van der Waals surface area contributed by atoms with Crippen LogP contribution in [0.25, 0.3) is 0 Å². The molecular weight excluding hydrogens is 278 g/mol. The Morgan fingerprint density at radius 2 is 1.95 bits per heavy atom. The van der Waals surface area contributed by atoms with Gasteiger partial charge in [-0.25, -0.2) is 0 Å². The summed E-state index contributed by atoms with van der Waals surface area (Å²) in [5.74, 6) is 0.166. The average Bonchev–Trinajstić information content (AvgIpc) is 3.28. The third kappa shape index (κ3) is 4.62. The zero-order valence-electron chi connectivity index (χ0n) is 12.2. The largest absolute Gasteiger partial charge is 0.435 e. The number of rotatable bonds is 9. The third-order valence-corrected chi connectivity index (χ3v) is 3.68. The molecule has 2 N–H and O–H groups in total. The number of nitrogens with zero attached hydrogens (tertiary/aromatic N) is 1. The molecule has 0 aliphatic heterocycles. The fraction of sp³-hybridized carbons (Fsp3) is 0.600. The van der Waals surface area contributed by atoms with Crippen LogP contribution in [-0.4, -0.2) is 44.4 Å². The summed E-state index contributed by atoms with van der Waals surface area (Å²) in [6, 6.07) is 7.35. The summed E-state index contributed by atoms with van der Waals surface area (Å²) in [6.07, 6.45) is 2.35. The lowest BCUT2D eigenvalue weighted by Crippen LogP contribution is -2.37.